The third-order valence-corrected chi connectivity index (χ3v) is 2.52. The Bertz CT molecular complexity index is 624. The Labute approximate surface area is 107 Å². The molecule has 98 valence electrons. The van der Waals surface area contributed by atoms with Crippen LogP contribution in [0.1, 0.15) is 10.4 Å². The Kier molecular flexibility index (Phi) is 3.33. The summed E-state index contributed by atoms with van der Waals surface area (Å²) in [6, 6.07) is 7.27. The SMILES string of the molecule is Nc1ccc(C(=O)O)cc1Nc1c(F)cccc1F. The van der Waals surface area contributed by atoms with Crippen LogP contribution in [0.15, 0.2) is 36.4 Å². The molecule has 0 fully saturated rings. The third kappa shape index (κ3) is 2.62. The first-order valence-corrected chi connectivity index (χ1v) is 5.33. The molecular formula is C13H10F2N2O2. The molecule has 4 nitrogen and oxygen atoms in total. The minimum Gasteiger partial charge on any atom is -0.478 e. The molecule has 0 atom stereocenters. The number of para-hydroxylation sites is 1. The molecule has 0 saturated heterocycles. The number of benzene rings is 2. The van der Waals surface area contributed by atoms with Gasteiger partial charge in [-0.25, -0.2) is 13.6 Å². The van der Waals surface area contributed by atoms with Gasteiger partial charge in [0.2, 0.25) is 0 Å². The number of halogens is 2. The number of hydrogen-bond donors (Lipinski definition) is 3. The second-order valence-corrected chi connectivity index (χ2v) is 3.83. The molecule has 0 amide bonds. The van der Waals surface area contributed by atoms with Crippen LogP contribution in [0.5, 0.6) is 0 Å². The quantitative estimate of drug-likeness (QED) is 0.745. The van der Waals surface area contributed by atoms with Gasteiger partial charge in [-0.3, -0.25) is 0 Å². The summed E-state index contributed by atoms with van der Waals surface area (Å²) in [5.74, 6) is -2.74. The van der Waals surface area contributed by atoms with Gasteiger partial charge >= 0.3 is 5.97 Å². The summed E-state index contributed by atoms with van der Waals surface area (Å²) in [4.78, 5) is 10.8. The lowest BCUT2D eigenvalue weighted by molar-refractivity contribution is 0.0697. The van der Waals surface area contributed by atoms with E-state index in [1.807, 2.05) is 0 Å². The highest BCUT2D eigenvalue weighted by molar-refractivity contribution is 5.91. The van der Waals surface area contributed by atoms with Crippen molar-refractivity contribution in [2.24, 2.45) is 0 Å². The van der Waals surface area contributed by atoms with Crippen LogP contribution >= 0.6 is 0 Å². The Morgan fingerprint density at radius 1 is 1.16 bits per heavy atom. The van der Waals surface area contributed by atoms with E-state index in [9.17, 15) is 13.6 Å². The summed E-state index contributed by atoms with van der Waals surface area (Å²) in [6.07, 6.45) is 0. The molecule has 0 heterocycles. The molecule has 19 heavy (non-hydrogen) atoms. The fourth-order valence-corrected chi connectivity index (χ4v) is 1.55. The van der Waals surface area contributed by atoms with Crippen molar-refractivity contribution in [1.82, 2.24) is 0 Å². The van der Waals surface area contributed by atoms with Crippen molar-refractivity contribution in [3.63, 3.8) is 0 Å². The molecule has 0 spiro atoms. The number of hydrogen-bond acceptors (Lipinski definition) is 3. The van der Waals surface area contributed by atoms with Gasteiger partial charge in [0.05, 0.1) is 16.9 Å². The topological polar surface area (TPSA) is 75.4 Å². The average Bonchev–Trinajstić information content (AvgIpc) is 2.35. The molecule has 6 heteroatoms. The summed E-state index contributed by atoms with van der Waals surface area (Å²) >= 11 is 0. The van der Waals surface area contributed by atoms with Gasteiger partial charge in [-0.2, -0.15) is 0 Å². The van der Waals surface area contributed by atoms with Crippen LogP contribution in [-0.2, 0) is 0 Å². The van der Waals surface area contributed by atoms with Crippen LogP contribution in [0.3, 0.4) is 0 Å². The van der Waals surface area contributed by atoms with Crippen molar-refractivity contribution < 1.29 is 18.7 Å². The normalized spacial score (nSPS) is 10.2. The van der Waals surface area contributed by atoms with Gasteiger partial charge in [0.15, 0.2) is 0 Å². The molecule has 0 aromatic heterocycles. The van der Waals surface area contributed by atoms with E-state index < -0.39 is 17.6 Å². The molecular weight excluding hydrogens is 254 g/mol. The fourth-order valence-electron chi connectivity index (χ4n) is 1.55. The highest BCUT2D eigenvalue weighted by Crippen LogP contribution is 2.27. The molecule has 0 aliphatic rings. The number of carbonyl (C=O) groups is 1. The lowest BCUT2D eigenvalue weighted by atomic mass is 10.1. The van der Waals surface area contributed by atoms with Gasteiger partial charge in [0.1, 0.15) is 17.3 Å². The zero-order valence-electron chi connectivity index (χ0n) is 9.65. The van der Waals surface area contributed by atoms with Crippen LogP contribution < -0.4 is 11.1 Å². The number of carboxylic acids is 1. The van der Waals surface area contributed by atoms with E-state index in [1.54, 1.807) is 0 Å². The second kappa shape index (κ2) is 4.93. The number of rotatable bonds is 3. The molecule has 2 aromatic rings. The maximum absolute atomic E-state index is 13.5. The predicted octanol–water partition coefficient (Wildman–Crippen LogP) is 2.99. The lowest BCUT2D eigenvalue weighted by Gasteiger charge is -2.11. The number of nitrogens with one attached hydrogen (secondary N) is 1. The van der Waals surface area contributed by atoms with Gasteiger partial charge in [-0.1, -0.05) is 6.07 Å². The summed E-state index contributed by atoms with van der Waals surface area (Å²) in [5.41, 5.74) is 5.54. The van der Waals surface area contributed by atoms with Gasteiger partial charge in [0, 0.05) is 0 Å². The molecule has 0 radical (unpaired) electrons. The number of carboxylic acid groups (broad SMARTS) is 1. The van der Waals surface area contributed by atoms with Crippen LogP contribution in [0.25, 0.3) is 0 Å². The number of nitrogen functional groups attached to an aromatic ring is 1. The van der Waals surface area contributed by atoms with E-state index >= 15 is 0 Å². The predicted molar refractivity (Wildman–Crippen MR) is 67.5 cm³/mol. The van der Waals surface area contributed by atoms with Gasteiger partial charge < -0.3 is 16.2 Å². The van der Waals surface area contributed by atoms with Crippen molar-refractivity contribution in [1.29, 1.82) is 0 Å². The molecule has 0 aliphatic heterocycles. The number of aromatic carboxylic acids is 1. The van der Waals surface area contributed by atoms with Crippen molar-refractivity contribution >= 4 is 23.0 Å². The molecule has 0 saturated carbocycles. The molecule has 2 rings (SSSR count). The Balaban J connectivity index is 2.43. The molecule has 4 N–H and O–H groups in total. The monoisotopic (exact) mass is 264 g/mol. The summed E-state index contributed by atoms with van der Waals surface area (Å²) in [5, 5.41) is 11.3. The van der Waals surface area contributed by atoms with Crippen LogP contribution in [0, 0.1) is 11.6 Å². The van der Waals surface area contributed by atoms with E-state index in [4.69, 9.17) is 10.8 Å². The Hall–Kier alpha value is -2.63. The van der Waals surface area contributed by atoms with Gasteiger partial charge in [-0.05, 0) is 30.3 Å². The van der Waals surface area contributed by atoms with Crippen LogP contribution in [-0.4, -0.2) is 11.1 Å². The molecule has 0 aliphatic carbocycles. The van der Waals surface area contributed by atoms with E-state index in [0.29, 0.717) is 0 Å². The van der Waals surface area contributed by atoms with Crippen LogP contribution in [0.2, 0.25) is 0 Å². The van der Waals surface area contributed by atoms with Crippen molar-refractivity contribution in [2.75, 3.05) is 11.1 Å². The first-order valence-electron chi connectivity index (χ1n) is 5.33. The maximum atomic E-state index is 13.5. The second-order valence-electron chi connectivity index (χ2n) is 3.83. The fraction of sp³-hybridized carbons (Fsp3) is 0. The first kappa shape index (κ1) is 12.8. The minimum atomic E-state index is -1.16. The van der Waals surface area contributed by atoms with E-state index in [2.05, 4.69) is 5.32 Å². The average molecular weight is 264 g/mol. The summed E-state index contributed by atoms with van der Waals surface area (Å²) in [6.45, 7) is 0. The van der Waals surface area contributed by atoms with Crippen molar-refractivity contribution in [3.8, 4) is 0 Å². The largest absolute Gasteiger partial charge is 0.478 e. The summed E-state index contributed by atoms with van der Waals surface area (Å²) in [7, 11) is 0. The van der Waals surface area contributed by atoms with Crippen molar-refractivity contribution in [2.45, 2.75) is 0 Å². The highest BCUT2D eigenvalue weighted by atomic mass is 19.1. The highest BCUT2D eigenvalue weighted by Gasteiger charge is 2.12. The summed E-state index contributed by atoms with van der Waals surface area (Å²) < 4.78 is 26.9. The molecule has 2 aromatic carbocycles. The van der Waals surface area contributed by atoms with Gasteiger partial charge in [-0.15, -0.1) is 0 Å². The smallest absolute Gasteiger partial charge is 0.335 e. The Morgan fingerprint density at radius 2 is 1.79 bits per heavy atom. The molecule has 0 bridgehead atoms. The zero-order valence-corrected chi connectivity index (χ0v) is 9.65. The van der Waals surface area contributed by atoms with E-state index in [1.165, 1.54) is 24.3 Å². The van der Waals surface area contributed by atoms with E-state index in [-0.39, 0.29) is 22.6 Å². The number of anilines is 3. The van der Waals surface area contributed by atoms with E-state index in [0.717, 1.165) is 12.1 Å². The van der Waals surface area contributed by atoms with Crippen LogP contribution in [0.4, 0.5) is 25.8 Å². The molecule has 0 unspecified atom stereocenters. The third-order valence-electron chi connectivity index (χ3n) is 2.52. The maximum Gasteiger partial charge on any atom is 0.335 e. The first-order chi connectivity index (χ1) is 8.99. The zero-order chi connectivity index (χ0) is 14.0. The lowest BCUT2D eigenvalue weighted by Crippen LogP contribution is -2.03. The van der Waals surface area contributed by atoms with Crippen molar-refractivity contribution in [3.05, 3.63) is 53.6 Å². The Morgan fingerprint density at radius 3 is 2.37 bits per heavy atom. The number of nitrogens with two attached hydrogens (primary N) is 1. The minimum absolute atomic E-state index is 0.0338. The van der Waals surface area contributed by atoms with Gasteiger partial charge in [0.25, 0.3) is 0 Å². The standard InChI is InChI=1S/C13H10F2N2O2/c14-8-2-1-3-9(15)12(8)17-11-6-7(13(18)19)4-5-10(11)16/h1-6,17H,16H2,(H,18,19).